The fourth-order valence-corrected chi connectivity index (χ4v) is 2.29. The third-order valence-electron chi connectivity index (χ3n) is 3.13. The Morgan fingerprint density at radius 2 is 2.10 bits per heavy atom. The molecule has 0 aromatic heterocycles. The molecule has 0 fully saturated rings. The van der Waals surface area contributed by atoms with E-state index in [1.54, 1.807) is 0 Å². The lowest BCUT2D eigenvalue weighted by Gasteiger charge is -2.18. The first-order chi connectivity index (χ1) is 9.52. The van der Waals surface area contributed by atoms with Gasteiger partial charge < -0.3 is 15.0 Å². The van der Waals surface area contributed by atoms with E-state index in [0.717, 1.165) is 42.8 Å². The summed E-state index contributed by atoms with van der Waals surface area (Å²) in [5.41, 5.74) is 1.21. The predicted octanol–water partition coefficient (Wildman–Crippen LogP) is 3.67. The minimum Gasteiger partial charge on any atom is -0.493 e. The molecule has 0 saturated heterocycles. The monoisotopic (exact) mass is 342 g/mol. The fraction of sp³-hybridized carbons (Fsp3) is 0.625. The zero-order valence-electron chi connectivity index (χ0n) is 13.1. The van der Waals surface area contributed by atoms with Crippen LogP contribution in [0.25, 0.3) is 0 Å². The smallest absolute Gasteiger partial charge is 0.123 e. The third-order valence-corrected chi connectivity index (χ3v) is 3.63. The van der Waals surface area contributed by atoms with Crippen LogP contribution >= 0.6 is 15.9 Å². The highest BCUT2D eigenvalue weighted by Crippen LogP contribution is 2.23. The summed E-state index contributed by atoms with van der Waals surface area (Å²) in [5, 5.41) is 3.57. The number of halogens is 1. The van der Waals surface area contributed by atoms with Crippen LogP contribution in [0.3, 0.4) is 0 Å². The van der Waals surface area contributed by atoms with Crippen molar-refractivity contribution >= 4 is 15.9 Å². The van der Waals surface area contributed by atoms with Gasteiger partial charge in [0.05, 0.1) is 6.61 Å². The summed E-state index contributed by atoms with van der Waals surface area (Å²) in [6.45, 7) is 7.07. The van der Waals surface area contributed by atoms with E-state index in [1.807, 2.05) is 12.1 Å². The first kappa shape index (κ1) is 17.5. The second kappa shape index (κ2) is 9.37. The standard InChI is InChI=1S/C16H27BrN2O/c1-5-10-20-16-7-6-15(17)11-14(16)12-18-13(2)8-9-19(3)4/h6-7,11,13,18H,5,8-10,12H2,1-4H3. The first-order valence-electron chi connectivity index (χ1n) is 7.32. The van der Waals surface area contributed by atoms with Crippen LogP contribution in [-0.4, -0.2) is 38.2 Å². The maximum Gasteiger partial charge on any atom is 0.123 e. The fourth-order valence-electron chi connectivity index (χ4n) is 1.88. The Morgan fingerprint density at radius 1 is 1.35 bits per heavy atom. The lowest BCUT2D eigenvalue weighted by Crippen LogP contribution is -2.29. The van der Waals surface area contributed by atoms with Crippen molar-refractivity contribution < 1.29 is 4.74 Å². The largest absolute Gasteiger partial charge is 0.493 e. The molecular weight excluding hydrogens is 316 g/mol. The average molecular weight is 343 g/mol. The molecule has 0 aliphatic heterocycles. The Balaban J connectivity index is 2.54. The average Bonchev–Trinajstić information content (AvgIpc) is 2.41. The van der Waals surface area contributed by atoms with E-state index in [2.05, 4.69) is 60.2 Å². The Hall–Kier alpha value is -0.580. The summed E-state index contributed by atoms with van der Waals surface area (Å²) < 4.78 is 6.90. The van der Waals surface area contributed by atoms with Crippen molar-refractivity contribution in [2.45, 2.75) is 39.3 Å². The van der Waals surface area contributed by atoms with Gasteiger partial charge in [0, 0.05) is 22.6 Å². The van der Waals surface area contributed by atoms with Crippen molar-refractivity contribution in [3.63, 3.8) is 0 Å². The lowest BCUT2D eigenvalue weighted by atomic mass is 10.1. The zero-order valence-corrected chi connectivity index (χ0v) is 14.7. The maximum absolute atomic E-state index is 5.80. The van der Waals surface area contributed by atoms with Crippen molar-refractivity contribution in [3.8, 4) is 5.75 Å². The summed E-state index contributed by atoms with van der Waals surface area (Å²) >= 11 is 3.53. The molecule has 0 aliphatic carbocycles. The molecule has 0 aliphatic rings. The van der Waals surface area contributed by atoms with E-state index in [4.69, 9.17) is 4.74 Å². The van der Waals surface area contributed by atoms with Gasteiger partial charge in [0.25, 0.3) is 0 Å². The molecule has 1 rings (SSSR count). The normalized spacial score (nSPS) is 12.7. The second-order valence-corrected chi connectivity index (χ2v) is 6.39. The minimum absolute atomic E-state index is 0.496. The molecule has 4 heteroatoms. The number of hydrogen-bond acceptors (Lipinski definition) is 3. The molecule has 1 atom stereocenters. The number of nitrogens with zero attached hydrogens (tertiary/aromatic N) is 1. The van der Waals surface area contributed by atoms with Gasteiger partial charge in [-0.1, -0.05) is 22.9 Å². The van der Waals surface area contributed by atoms with E-state index in [0.29, 0.717) is 6.04 Å². The molecule has 0 bridgehead atoms. The zero-order chi connectivity index (χ0) is 15.0. The van der Waals surface area contributed by atoms with Gasteiger partial charge in [-0.05, 0) is 58.6 Å². The summed E-state index contributed by atoms with van der Waals surface area (Å²) in [5.74, 6) is 0.988. The van der Waals surface area contributed by atoms with Crippen molar-refractivity contribution in [1.29, 1.82) is 0 Å². The number of ether oxygens (including phenoxy) is 1. The number of hydrogen-bond donors (Lipinski definition) is 1. The SMILES string of the molecule is CCCOc1ccc(Br)cc1CNC(C)CCN(C)C. The molecule has 0 amide bonds. The van der Waals surface area contributed by atoms with Crippen LogP contribution in [-0.2, 0) is 6.54 Å². The maximum atomic E-state index is 5.80. The number of rotatable bonds is 9. The molecule has 1 N–H and O–H groups in total. The molecular formula is C16H27BrN2O. The molecule has 0 saturated carbocycles. The van der Waals surface area contributed by atoms with Crippen LogP contribution in [0.15, 0.2) is 22.7 Å². The van der Waals surface area contributed by atoms with Gasteiger partial charge in [-0.25, -0.2) is 0 Å². The molecule has 3 nitrogen and oxygen atoms in total. The predicted molar refractivity (Wildman–Crippen MR) is 89.4 cm³/mol. The van der Waals surface area contributed by atoms with Gasteiger partial charge in [0.15, 0.2) is 0 Å². The van der Waals surface area contributed by atoms with Gasteiger partial charge in [-0.2, -0.15) is 0 Å². The van der Waals surface area contributed by atoms with Crippen molar-refractivity contribution in [3.05, 3.63) is 28.2 Å². The molecule has 1 unspecified atom stereocenters. The van der Waals surface area contributed by atoms with Crippen LogP contribution in [0.5, 0.6) is 5.75 Å². The van der Waals surface area contributed by atoms with E-state index in [9.17, 15) is 0 Å². The molecule has 0 radical (unpaired) electrons. The van der Waals surface area contributed by atoms with Gasteiger partial charge in [0.2, 0.25) is 0 Å². The summed E-state index contributed by atoms with van der Waals surface area (Å²) in [4.78, 5) is 2.22. The van der Waals surface area contributed by atoms with Crippen LogP contribution in [0.2, 0.25) is 0 Å². The van der Waals surface area contributed by atoms with Crippen LogP contribution in [0.4, 0.5) is 0 Å². The first-order valence-corrected chi connectivity index (χ1v) is 8.11. The molecule has 1 aromatic rings. The number of nitrogens with one attached hydrogen (secondary N) is 1. The van der Waals surface area contributed by atoms with Crippen LogP contribution in [0, 0.1) is 0 Å². The highest BCUT2D eigenvalue weighted by Gasteiger charge is 2.07. The highest BCUT2D eigenvalue weighted by atomic mass is 79.9. The summed E-state index contributed by atoms with van der Waals surface area (Å²) in [6, 6.07) is 6.71. The van der Waals surface area contributed by atoms with E-state index in [-0.39, 0.29) is 0 Å². The molecule has 0 spiro atoms. The van der Waals surface area contributed by atoms with Gasteiger partial charge >= 0.3 is 0 Å². The van der Waals surface area contributed by atoms with Crippen molar-refractivity contribution in [1.82, 2.24) is 10.2 Å². The summed E-state index contributed by atoms with van der Waals surface area (Å²) in [6.07, 6.45) is 2.17. The van der Waals surface area contributed by atoms with Gasteiger partial charge in [-0.3, -0.25) is 0 Å². The lowest BCUT2D eigenvalue weighted by molar-refractivity contribution is 0.311. The highest BCUT2D eigenvalue weighted by molar-refractivity contribution is 9.10. The quantitative estimate of drug-likeness (QED) is 0.740. The topological polar surface area (TPSA) is 24.5 Å². The molecule has 0 heterocycles. The second-order valence-electron chi connectivity index (χ2n) is 5.47. The van der Waals surface area contributed by atoms with Gasteiger partial charge in [-0.15, -0.1) is 0 Å². The third kappa shape index (κ3) is 6.73. The Labute approximate surface area is 131 Å². The Kier molecular flexibility index (Phi) is 8.19. The van der Waals surface area contributed by atoms with Crippen molar-refractivity contribution in [2.24, 2.45) is 0 Å². The van der Waals surface area contributed by atoms with Crippen LogP contribution in [0.1, 0.15) is 32.3 Å². The van der Waals surface area contributed by atoms with E-state index >= 15 is 0 Å². The minimum atomic E-state index is 0.496. The number of benzene rings is 1. The van der Waals surface area contributed by atoms with Crippen LogP contribution < -0.4 is 10.1 Å². The Morgan fingerprint density at radius 3 is 2.75 bits per heavy atom. The Bertz CT molecular complexity index is 396. The molecule has 1 aromatic carbocycles. The van der Waals surface area contributed by atoms with E-state index < -0.39 is 0 Å². The van der Waals surface area contributed by atoms with E-state index in [1.165, 1.54) is 5.56 Å². The molecule has 20 heavy (non-hydrogen) atoms. The van der Waals surface area contributed by atoms with Gasteiger partial charge in [0.1, 0.15) is 5.75 Å². The van der Waals surface area contributed by atoms with Crippen molar-refractivity contribution in [2.75, 3.05) is 27.2 Å². The summed E-state index contributed by atoms with van der Waals surface area (Å²) in [7, 11) is 4.22. The molecule has 114 valence electrons.